The van der Waals surface area contributed by atoms with Gasteiger partial charge in [-0.3, -0.25) is 0 Å². The van der Waals surface area contributed by atoms with E-state index in [2.05, 4.69) is 49.8 Å². The van der Waals surface area contributed by atoms with E-state index >= 15 is 0 Å². The minimum Gasteiger partial charge on any atom is -0.348 e. The molecule has 0 spiro atoms. The molecule has 3 nitrogen and oxygen atoms in total. The summed E-state index contributed by atoms with van der Waals surface area (Å²) in [7, 11) is 0. The van der Waals surface area contributed by atoms with Crippen LogP contribution in [-0.2, 0) is 6.54 Å². The number of nitrogens with zero attached hydrogens (tertiary/aromatic N) is 2. The van der Waals surface area contributed by atoms with Gasteiger partial charge in [0.05, 0.1) is 0 Å². The molecule has 2 heterocycles. The molecule has 0 unspecified atom stereocenters. The van der Waals surface area contributed by atoms with Crippen molar-refractivity contribution in [2.45, 2.75) is 60.0 Å². The summed E-state index contributed by atoms with van der Waals surface area (Å²) >= 11 is 1.84. The lowest BCUT2D eigenvalue weighted by Crippen LogP contribution is -2.37. The zero-order chi connectivity index (χ0) is 14.8. The molecule has 0 aliphatic carbocycles. The fraction of sp³-hybridized carbons (Fsp3) is 0.812. The largest absolute Gasteiger partial charge is 0.348 e. The lowest BCUT2D eigenvalue weighted by atomic mass is 9.75. The highest BCUT2D eigenvalue weighted by atomic mass is 32.1. The average Bonchev–Trinajstić information content (AvgIpc) is 2.84. The third-order valence-electron chi connectivity index (χ3n) is 4.22. The summed E-state index contributed by atoms with van der Waals surface area (Å²) < 4.78 is 0. The van der Waals surface area contributed by atoms with Gasteiger partial charge in [0.25, 0.3) is 0 Å². The fourth-order valence-corrected chi connectivity index (χ4v) is 3.68. The molecule has 1 aliphatic rings. The van der Waals surface area contributed by atoms with Crippen LogP contribution in [0.1, 0.15) is 52.3 Å². The van der Waals surface area contributed by atoms with E-state index < -0.39 is 0 Å². The fourth-order valence-electron chi connectivity index (χ4n) is 2.77. The molecule has 1 fully saturated rings. The van der Waals surface area contributed by atoms with Crippen LogP contribution in [0.3, 0.4) is 0 Å². The first-order valence-electron chi connectivity index (χ1n) is 7.79. The van der Waals surface area contributed by atoms with Crippen molar-refractivity contribution in [1.29, 1.82) is 0 Å². The summed E-state index contributed by atoms with van der Waals surface area (Å²) in [6.45, 7) is 14.7. The summed E-state index contributed by atoms with van der Waals surface area (Å²) in [5.41, 5.74) is 0.446. The van der Waals surface area contributed by atoms with Crippen LogP contribution in [0.5, 0.6) is 0 Å². The van der Waals surface area contributed by atoms with Crippen molar-refractivity contribution in [2.24, 2.45) is 11.3 Å². The molecule has 1 aromatic heterocycles. The normalized spacial score (nSPS) is 18.0. The second-order valence-corrected chi connectivity index (χ2v) is 8.37. The van der Waals surface area contributed by atoms with E-state index in [0.717, 1.165) is 25.6 Å². The molecule has 0 bridgehead atoms. The molecule has 2 rings (SSSR count). The van der Waals surface area contributed by atoms with E-state index in [1.807, 2.05) is 17.5 Å². The summed E-state index contributed by atoms with van der Waals surface area (Å²) in [5, 5.41) is 4.66. The van der Waals surface area contributed by atoms with Crippen LogP contribution in [-0.4, -0.2) is 24.1 Å². The van der Waals surface area contributed by atoms with Gasteiger partial charge in [-0.15, -0.1) is 11.3 Å². The molecule has 0 saturated carbocycles. The molecule has 1 saturated heterocycles. The van der Waals surface area contributed by atoms with Crippen molar-refractivity contribution >= 4 is 16.5 Å². The average molecular weight is 295 g/mol. The van der Waals surface area contributed by atoms with E-state index in [1.165, 1.54) is 22.9 Å². The van der Waals surface area contributed by atoms with Crippen LogP contribution in [0, 0.1) is 11.3 Å². The number of nitrogens with one attached hydrogen (secondary N) is 1. The quantitative estimate of drug-likeness (QED) is 0.913. The molecule has 114 valence electrons. The maximum atomic E-state index is 4.61. The molecule has 0 amide bonds. The summed E-state index contributed by atoms with van der Waals surface area (Å²) in [5.74, 6) is 0.848. The lowest BCUT2D eigenvalue weighted by molar-refractivity contribution is 0.199. The Bertz CT molecular complexity index is 412. The Morgan fingerprint density at radius 1 is 1.35 bits per heavy atom. The lowest BCUT2D eigenvalue weighted by Gasteiger charge is -2.38. The van der Waals surface area contributed by atoms with Gasteiger partial charge in [0.2, 0.25) is 0 Å². The van der Waals surface area contributed by atoms with E-state index in [1.54, 1.807) is 0 Å². The highest BCUT2D eigenvalue weighted by molar-refractivity contribution is 7.15. The van der Waals surface area contributed by atoms with E-state index in [0.29, 0.717) is 11.5 Å². The van der Waals surface area contributed by atoms with Gasteiger partial charge < -0.3 is 10.2 Å². The molecule has 4 heteroatoms. The summed E-state index contributed by atoms with van der Waals surface area (Å²) in [6, 6.07) is 0.531. The zero-order valence-corrected chi connectivity index (χ0v) is 14.4. The standard InChI is InChI=1S/C16H29N3S/c1-12(2)17-10-14-11-18-15(20-14)19-8-6-13(7-9-19)16(3,4)5/h11-13,17H,6-10H2,1-5H3. The van der Waals surface area contributed by atoms with Crippen LogP contribution in [0.25, 0.3) is 0 Å². The minimum atomic E-state index is 0.446. The van der Waals surface area contributed by atoms with E-state index in [4.69, 9.17) is 0 Å². The number of hydrogen-bond acceptors (Lipinski definition) is 4. The Balaban J connectivity index is 1.88. The predicted molar refractivity (Wildman–Crippen MR) is 88.5 cm³/mol. The molecule has 1 aliphatic heterocycles. The van der Waals surface area contributed by atoms with Gasteiger partial charge in [0, 0.05) is 36.8 Å². The van der Waals surface area contributed by atoms with Gasteiger partial charge in [0.15, 0.2) is 5.13 Å². The highest BCUT2D eigenvalue weighted by Crippen LogP contribution is 2.36. The SMILES string of the molecule is CC(C)NCc1cnc(N2CCC(C(C)(C)C)CC2)s1. The van der Waals surface area contributed by atoms with Gasteiger partial charge in [-0.1, -0.05) is 34.6 Å². The molecule has 0 atom stereocenters. The van der Waals surface area contributed by atoms with E-state index in [-0.39, 0.29) is 0 Å². The van der Waals surface area contributed by atoms with E-state index in [9.17, 15) is 0 Å². The van der Waals surface area contributed by atoms with Crippen LogP contribution < -0.4 is 10.2 Å². The predicted octanol–water partition coefficient (Wildman–Crippen LogP) is 3.90. The van der Waals surface area contributed by atoms with Crippen LogP contribution >= 0.6 is 11.3 Å². The summed E-state index contributed by atoms with van der Waals surface area (Å²) in [4.78, 5) is 8.41. The van der Waals surface area contributed by atoms with Gasteiger partial charge in [-0.2, -0.15) is 0 Å². The minimum absolute atomic E-state index is 0.446. The maximum absolute atomic E-state index is 4.61. The zero-order valence-electron chi connectivity index (χ0n) is 13.6. The third-order valence-corrected chi connectivity index (χ3v) is 5.27. The summed E-state index contributed by atoms with van der Waals surface area (Å²) in [6.07, 6.45) is 4.62. The monoisotopic (exact) mass is 295 g/mol. The van der Waals surface area contributed by atoms with Crippen LogP contribution in [0.2, 0.25) is 0 Å². The smallest absolute Gasteiger partial charge is 0.185 e. The second kappa shape index (κ2) is 6.44. The van der Waals surface area contributed by atoms with Gasteiger partial charge >= 0.3 is 0 Å². The number of hydrogen-bond donors (Lipinski definition) is 1. The van der Waals surface area contributed by atoms with Crippen molar-refractivity contribution in [1.82, 2.24) is 10.3 Å². The van der Waals surface area contributed by atoms with Crippen molar-refractivity contribution < 1.29 is 0 Å². The first kappa shape index (κ1) is 15.8. The Morgan fingerprint density at radius 3 is 2.55 bits per heavy atom. The van der Waals surface area contributed by atoms with Gasteiger partial charge in [0.1, 0.15) is 0 Å². The topological polar surface area (TPSA) is 28.2 Å². The second-order valence-electron chi connectivity index (χ2n) is 7.27. The molecule has 20 heavy (non-hydrogen) atoms. The third kappa shape index (κ3) is 4.19. The molecule has 0 radical (unpaired) electrons. The Morgan fingerprint density at radius 2 is 2.00 bits per heavy atom. The first-order valence-corrected chi connectivity index (χ1v) is 8.61. The molecule has 0 aromatic carbocycles. The van der Waals surface area contributed by atoms with Gasteiger partial charge in [-0.25, -0.2) is 4.98 Å². The number of aromatic nitrogens is 1. The molecule has 1 aromatic rings. The van der Waals surface area contributed by atoms with Gasteiger partial charge in [-0.05, 0) is 24.2 Å². The molecular weight excluding hydrogens is 266 g/mol. The number of piperidine rings is 1. The number of rotatable bonds is 4. The highest BCUT2D eigenvalue weighted by Gasteiger charge is 2.29. The Kier molecular flexibility index (Phi) is 5.08. The maximum Gasteiger partial charge on any atom is 0.185 e. The van der Waals surface area contributed by atoms with Crippen molar-refractivity contribution in [2.75, 3.05) is 18.0 Å². The number of anilines is 1. The number of thiazole rings is 1. The Hall–Kier alpha value is -0.610. The first-order chi connectivity index (χ1) is 9.36. The Labute approximate surface area is 127 Å². The van der Waals surface area contributed by atoms with Crippen molar-refractivity contribution in [3.05, 3.63) is 11.1 Å². The molecule has 1 N–H and O–H groups in total. The van der Waals surface area contributed by atoms with Crippen molar-refractivity contribution in [3.8, 4) is 0 Å². The van der Waals surface area contributed by atoms with Crippen LogP contribution in [0.4, 0.5) is 5.13 Å². The van der Waals surface area contributed by atoms with Crippen LogP contribution in [0.15, 0.2) is 6.20 Å². The van der Waals surface area contributed by atoms with Crippen molar-refractivity contribution in [3.63, 3.8) is 0 Å². The molecular formula is C16H29N3S.